The first-order valence-electron chi connectivity index (χ1n) is 8.92. The molecule has 3 aromatic rings. The van der Waals surface area contributed by atoms with Crippen LogP contribution in [0.1, 0.15) is 32.0 Å². The Labute approximate surface area is 167 Å². The summed E-state index contributed by atoms with van der Waals surface area (Å²) in [6.45, 7) is 0.453. The predicted molar refractivity (Wildman–Crippen MR) is 105 cm³/mol. The molecular formula is C22H19N4O3+. The zero-order chi connectivity index (χ0) is 20.6. The molecule has 29 heavy (non-hydrogen) atoms. The number of nitriles is 1. The molecule has 7 heteroatoms. The maximum absolute atomic E-state index is 12.2. The number of carbonyl (C=O) groups is 2. The highest BCUT2D eigenvalue weighted by atomic mass is 16.5. The van der Waals surface area contributed by atoms with Crippen LogP contribution >= 0.6 is 0 Å². The van der Waals surface area contributed by atoms with Crippen LogP contribution in [0.4, 0.5) is 0 Å². The molecule has 144 valence electrons. The van der Waals surface area contributed by atoms with Crippen LogP contribution in [-0.4, -0.2) is 18.4 Å². The first-order valence-corrected chi connectivity index (χ1v) is 8.92. The van der Waals surface area contributed by atoms with Gasteiger partial charge in [0.05, 0.1) is 17.7 Å². The Bertz CT molecular complexity index is 1070. The van der Waals surface area contributed by atoms with Crippen LogP contribution in [0, 0.1) is 11.3 Å². The number of amides is 2. The van der Waals surface area contributed by atoms with Crippen molar-refractivity contribution in [1.29, 1.82) is 5.26 Å². The number of pyridine rings is 1. The van der Waals surface area contributed by atoms with Gasteiger partial charge in [0.1, 0.15) is 11.5 Å². The SMILES string of the molecule is N#Cc1ccc(C(=O)NCCc2cccc(Oc3cc[nH+]c(C(N)=O)c3)c2)cc1. The maximum atomic E-state index is 12.2. The molecule has 2 amide bonds. The highest BCUT2D eigenvalue weighted by Gasteiger charge is 2.11. The van der Waals surface area contributed by atoms with Gasteiger partial charge in [0.15, 0.2) is 6.20 Å². The molecule has 0 fully saturated rings. The Morgan fingerprint density at radius 1 is 1.07 bits per heavy atom. The molecule has 1 aromatic heterocycles. The third-order valence-electron chi connectivity index (χ3n) is 4.15. The summed E-state index contributed by atoms with van der Waals surface area (Å²) in [5.41, 5.74) is 7.52. The molecule has 0 unspecified atom stereocenters. The van der Waals surface area contributed by atoms with Crippen molar-refractivity contribution in [2.75, 3.05) is 6.54 Å². The van der Waals surface area contributed by atoms with Gasteiger partial charge < -0.3 is 15.8 Å². The van der Waals surface area contributed by atoms with E-state index in [0.717, 1.165) is 5.56 Å². The summed E-state index contributed by atoms with van der Waals surface area (Å²) in [6.07, 6.45) is 2.20. The number of rotatable bonds is 7. The van der Waals surface area contributed by atoms with E-state index in [-0.39, 0.29) is 11.6 Å². The Morgan fingerprint density at radius 3 is 2.55 bits per heavy atom. The zero-order valence-corrected chi connectivity index (χ0v) is 15.5. The Morgan fingerprint density at radius 2 is 1.83 bits per heavy atom. The van der Waals surface area contributed by atoms with Gasteiger partial charge in [0.2, 0.25) is 0 Å². The van der Waals surface area contributed by atoms with Gasteiger partial charge in [-0.2, -0.15) is 5.26 Å². The van der Waals surface area contributed by atoms with Gasteiger partial charge >= 0.3 is 5.91 Å². The van der Waals surface area contributed by atoms with E-state index in [1.54, 1.807) is 42.6 Å². The lowest BCUT2D eigenvalue weighted by Crippen LogP contribution is -2.25. The molecule has 4 N–H and O–H groups in total. The molecule has 0 radical (unpaired) electrons. The molecule has 0 saturated heterocycles. The number of ether oxygens (including phenoxy) is 1. The number of hydrogen-bond donors (Lipinski definition) is 2. The van der Waals surface area contributed by atoms with Crippen molar-refractivity contribution in [2.24, 2.45) is 5.73 Å². The summed E-state index contributed by atoms with van der Waals surface area (Å²) in [5.74, 6) is 0.343. The normalized spacial score (nSPS) is 10.0. The average Bonchev–Trinajstić information content (AvgIpc) is 2.74. The lowest BCUT2D eigenvalue weighted by Gasteiger charge is -2.08. The topological polar surface area (TPSA) is 119 Å². The molecule has 0 bridgehead atoms. The van der Waals surface area contributed by atoms with Crippen molar-refractivity contribution in [3.8, 4) is 17.6 Å². The second-order valence-corrected chi connectivity index (χ2v) is 6.25. The minimum atomic E-state index is -0.567. The molecule has 0 aliphatic carbocycles. The van der Waals surface area contributed by atoms with Crippen LogP contribution in [-0.2, 0) is 6.42 Å². The fourth-order valence-electron chi connectivity index (χ4n) is 2.67. The molecule has 0 spiro atoms. The number of nitrogens with zero attached hydrogens (tertiary/aromatic N) is 1. The number of primary amides is 1. The number of H-pyrrole nitrogens is 1. The minimum Gasteiger partial charge on any atom is -0.457 e. The van der Waals surface area contributed by atoms with Crippen molar-refractivity contribution >= 4 is 11.8 Å². The summed E-state index contributed by atoms with van der Waals surface area (Å²) in [7, 11) is 0. The summed E-state index contributed by atoms with van der Waals surface area (Å²) in [5, 5.41) is 11.7. The number of aromatic nitrogens is 1. The van der Waals surface area contributed by atoms with Crippen LogP contribution < -0.4 is 20.8 Å². The van der Waals surface area contributed by atoms with Crippen molar-refractivity contribution in [3.05, 3.63) is 89.2 Å². The van der Waals surface area contributed by atoms with E-state index in [0.29, 0.717) is 35.6 Å². The smallest absolute Gasteiger partial charge is 0.313 e. The van der Waals surface area contributed by atoms with Crippen molar-refractivity contribution in [3.63, 3.8) is 0 Å². The Hall–Kier alpha value is -4.18. The van der Waals surface area contributed by atoms with Crippen molar-refractivity contribution in [2.45, 2.75) is 6.42 Å². The van der Waals surface area contributed by atoms with Crippen LogP contribution in [0.3, 0.4) is 0 Å². The van der Waals surface area contributed by atoms with Crippen LogP contribution in [0.2, 0.25) is 0 Å². The third-order valence-corrected chi connectivity index (χ3v) is 4.15. The maximum Gasteiger partial charge on any atom is 0.313 e. The Kier molecular flexibility index (Phi) is 6.18. The highest BCUT2D eigenvalue weighted by molar-refractivity contribution is 5.94. The molecular weight excluding hydrogens is 368 g/mol. The van der Waals surface area contributed by atoms with Crippen LogP contribution in [0.25, 0.3) is 0 Å². The summed E-state index contributed by atoms with van der Waals surface area (Å²) >= 11 is 0. The van der Waals surface area contributed by atoms with Crippen molar-refractivity contribution in [1.82, 2.24) is 5.32 Å². The fraction of sp³-hybridized carbons (Fsp3) is 0.0909. The van der Waals surface area contributed by atoms with E-state index in [2.05, 4.69) is 10.3 Å². The molecule has 2 aromatic carbocycles. The predicted octanol–water partition coefficient (Wildman–Crippen LogP) is 2.24. The summed E-state index contributed by atoms with van der Waals surface area (Å²) < 4.78 is 5.79. The van der Waals surface area contributed by atoms with E-state index < -0.39 is 5.91 Å². The molecule has 0 aliphatic heterocycles. The second kappa shape index (κ2) is 9.15. The zero-order valence-electron chi connectivity index (χ0n) is 15.5. The molecule has 0 atom stereocenters. The Balaban J connectivity index is 1.57. The van der Waals surface area contributed by atoms with E-state index in [4.69, 9.17) is 15.7 Å². The minimum absolute atomic E-state index is 0.193. The molecule has 1 heterocycles. The number of nitrogens with one attached hydrogen (secondary N) is 2. The van der Waals surface area contributed by atoms with Gasteiger partial charge in [0.25, 0.3) is 11.6 Å². The van der Waals surface area contributed by atoms with E-state index in [1.165, 1.54) is 6.07 Å². The molecule has 0 saturated carbocycles. The largest absolute Gasteiger partial charge is 0.457 e. The molecule has 3 rings (SSSR count). The van der Waals surface area contributed by atoms with Crippen molar-refractivity contribution < 1.29 is 19.3 Å². The number of benzene rings is 2. The summed E-state index contributed by atoms with van der Waals surface area (Å²) in [6, 6.07) is 19.2. The quantitative estimate of drug-likeness (QED) is 0.646. The lowest BCUT2D eigenvalue weighted by atomic mass is 10.1. The number of nitrogens with two attached hydrogens (primary N) is 1. The third kappa shape index (κ3) is 5.40. The fourth-order valence-corrected chi connectivity index (χ4v) is 2.67. The first kappa shape index (κ1) is 19.6. The molecule has 0 aliphatic rings. The first-order chi connectivity index (χ1) is 14.0. The van der Waals surface area contributed by atoms with Crippen LogP contribution in [0.5, 0.6) is 11.5 Å². The monoisotopic (exact) mass is 387 g/mol. The average molecular weight is 387 g/mol. The van der Waals surface area contributed by atoms with Gasteiger partial charge in [0, 0.05) is 18.2 Å². The number of carbonyl (C=O) groups excluding carboxylic acids is 2. The van der Waals surface area contributed by atoms with Gasteiger partial charge in [-0.05, 0) is 48.4 Å². The van der Waals surface area contributed by atoms with E-state index >= 15 is 0 Å². The standard InChI is InChI=1S/C22H18N4O3/c23-14-16-4-6-17(7-5-16)22(28)26-10-8-15-2-1-3-18(12-15)29-19-9-11-25-20(13-19)21(24)27/h1-7,9,11-13H,8,10H2,(H2,24,27)(H,26,28)/p+1. The van der Waals surface area contributed by atoms with Gasteiger partial charge in [-0.25, -0.2) is 4.98 Å². The van der Waals surface area contributed by atoms with Gasteiger partial charge in [-0.15, -0.1) is 0 Å². The second-order valence-electron chi connectivity index (χ2n) is 6.25. The van der Waals surface area contributed by atoms with E-state index in [9.17, 15) is 9.59 Å². The summed E-state index contributed by atoms with van der Waals surface area (Å²) in [4.78, 5) is 26.2. The van der Waals surface area contributed by atoms with Gasteiger partial charge in [-0.3, -0.25) is 9.59 Å². The molecule has 7 nitrogen and oxygen atoms in total. The number of hydrogen-bond acceptors (Lipinski definition) is 4. The van der Waals surface area contributed by atoms with Gasteiger partial charge in [-0.1, -0.05) is 12.1 Å². The van der Waals surface area contributed by atoms with Crippen LogP contribution in [0.15, 0.2) is 66.9 Å². The highest BCUT2D eigenvalue weighted by Crippen LogP contribution is 2.22. The van der Waals surface area contributed by atoms with E-state index in [1.807, 2.05) is 24.3 Å². The lowest BCUT2D eigenvalue weighted by molar-refractivity contribution is -0.382. The number of aromatic amines is 1.